The minimum absolute atomic E-state index is 0.169. The van der Waals surface area contributed by atoms with Gasteiger partial charge in [-0.15, -0.1) is 0 Å². The van der Waals surface area contributed by atoms with Crippen LogP contribution in [-0.2, 0) is 28.5 Å². The Hall–Kier alpha value is -2.12. The average molecular weight is 479 g/mol. The molecule has 2 heterocycles. The Kier molecular flexibility index (Phi) is 12.4. The highest BCUT2D eigenvalue weighted by Gasteiger charge is 2.47. The second-order valence-corrected chi connectivity index (χ2v) is 9.36. The van der Waals surface area contributed by atoms with Crippen LogP contribution in [0.3, 0.4) is 0 Å². The highest BCUT2D eigenvalue weighted by Crippen LogP contribution is 2.32. The topological polar surface area (TPSA) is 91.3 Å². The molecule has 0 saturated carbocycles. The number of cyclic esters (lactones) is 1. The van der Waals surface area contributed by atoms with E-state index in [2.05, 4.69) is 31.2 Å². The molecule has 0 bridgehead atoms. The zero-order valence-corrected chi connectivity index (χ0v) is 21.1. The summed E-state index contributed by atoms with van der Waals surface area (Å²) in [5.41, 5.74) is 0. The van der Waals surface area contributed by atoms with E-state index >= 15 is 0 Å². The summed E-state index contributed by atoms with van der Waals surface area (Å²) >= 11 is 0. The molecule has 0 amide bonds. The summed E-state index contributed by atoms with van der Waals surface area (Å²) in [6, 6.07) is 0. The maximum atomic E-state index is 12.1. The molecule has 2 aliphatic rings. The molecular weight excluding hydrogens is 436 g/mol. The number of esters is 2. The zero-order chi connectivity index (χ0) is 24.8. The minimum atomic E-state index is -1.02. The number of unbranched alkanes of at least 4 members (excludes halogenated alkanes) is 8. The second kappa shape index (κ2) is 15.0. The zero-order valence-electron chi connectivity index (χ0n) is 21.1. The van der Waals surface area contributed by atoms with Crippen molar-refractivity contribution in [2.75, 3.05) is 6.61 Å². The lowest BCUT2D eigenvalue weighted by atomic mass is 10.1. The van der Waals surface area contributed by atoms with Crippen LogP contribution in [0.4, 0.5) is 0 Å². The van der Waals surface area contributed by atoms with Crippen LogP contribution in [0.2, 0.25) is 0 Å². The molecule has 192 valence electrons. The molecule has 1 N–H and O–H groups in total. The van der Waals surface area contributed by atoms with E-state index in [1.807, 2.05) is 0 Å². The van der Waals surface area contributed by atoms with Crippen LogP contribution in [0.1, 0.15) is 97.8 Å². The Bertz CT molecular complexity index is 735. The maximum absolute atomic E-state index is 12.1. The lowest BCUT2D eigenvalue weighted by molar-refractivity contribution is -0.164. The van der Waals surface area contributed by atoms with Gasteiger partial charge in [0.05, 0.1) is 6.61 Å². The highest BCUT2D eigenvalue weighted by atomic mass is 16.8. The van der Waals surface area contributed by atoms with E-state index in [1.165, 1.54) is 25.7 Å². The van der Waals surface area contributed by atoms with Gasteiger partial charge in [0.15, 0.2) is 17.7 Å². The van der Waals surface area contributed by atoms with Crippen molar-refractivity contribution in [3.63, 3.8) is 0 Å². The first-order chi connectivity index (χ1) is 16.3. The highest BCUT2D eigenvalue weighted by molar-refractivity contribution is 5.92. The van der Waals surface area contributed by atoms with Crippen molar-refractivity contribution in [1.29, 1.82) is 0 Å². The first kappa shape index (κ1) is 28.1. The Labute approximate surface area is 204 Å². The van der Waals surface area contributed by atoms with E-state index in [0.717, 1.165) is 38.5 Å². The van der Waals surface area contributed by atoms with Crippen molar-refractivity contribution >= 4 is 11.9 Å². The van der Waals surface area contributed by atoms with Gasteiger partial charge in [0, 0.05) is 6.42 Å². The molecule has 1 fully saturated rings. The van der Waals surface area contributed by atoms with Crippen LogP contribution in [0.25, 0.3) is 0 Å². The van der Waals surface area contributed by atoms with Crippen LogP contribution in [-0.4, -0.2) is 41.6 Å². The number of rotatable bonds is 16. The number of ether oxygens (including phenoxy) is 4. The molecule has 34 heavy (non-hydrogen) atoms. The van der Waals surface area contributed by atoms with E-state index < -0.39 is 41.5 Å². The molecule has 2 unspecified atom stereocenters. The number of hydrogen-bond donors (Lipinski definition) is 1. The quantitative estimate of drug-likeness (QED) is 0.161. The van der Waals surface area contributed by atoms with E-state index in [-0.39, 0.29) is 13.0 Å². The van der Waals surface area contributed by atoms with Gasteiger partial charge in [0.1, 0.15) is 6.10 Å². The standard InChI is InChI=1S/C27H42O7/c1-4-5-6-7-8-9-10-11-12-13-14-15-16-17-18-19-22(28)32-25-23(29)24(33-26(25)30)21-20-31-27(2,3)34-21/h8-9,11-12,21,24,29H,4-7,10,13-20H2,1-3H3. The summed E-state index contributed by atoms with van der Waals surface area (Å²) in [6.45, 7) is 5.86. The fourth-order valence-electron chi connectivity index (χ4n) is 3.91. The van der Waals surface area contributed by atoms with Gasteiger partial charge in [-0.25, -0.2) is 4.79 Å². The lowest BCUT2D eigenvalue weighted by Gasteiger charge is -2.19. The van der Waals surface area contributed by atoms with Crippen molar-refractivity contribution in [1.82, 2.24) is 0 Å². The molecule has 2 atom stereocenters. The van der Waals surface area contributed by atoms with Crippen LogP contribution in [0.5, 0.6) is 0 Å². The van der Waals surface area contributed by atoms with E-state index in [9.17, 15) is 14.7 Å². The van der Waals surface area contributed by atoms with E-state index in [1.54, 1.807) is 13.8 Å². The van der Waals surface area contributed by atoms with Crippen molar-refractivity contribution in [3.05, 3.63) is 35.8 Å². The summed E-state index contributed by atoms with van der Waals surface area (Å²) in [7, 11) is 0. The van der Waals surface area contributed by atoms with Crippen molar-refractivity contribution < 1.29 is 33.6 Å². The number of aliphatic hydroxyl groups is 1. The molecule has 0 aromatic heterocycles. The molecule has 7 heteroatoms. The van der Waals surface area contributed by atoms with Crippen LogP contribution >= 0.6 is 0 Å². The van der Waals surface area contributed by atoms with Gasteiger partial charge >= 0.3 is 11.9 Å². The lowest BCUT2D eigenvalue weighted by Crippen LogP contribution is -2.32. The largest absolute Gasteiger partial charge is 0.505 e. The van der Waals surface area contributed by atoms with Crippen LogP contribution < -0.4 is 0 Å². The predicted molar refractivity (Wildman–Crippen MR) is 130 cm³/mol. The molecule has 0 aromatic rings. The van der Waals surface area contributed by atoms with Gasteiger partial charge in [-0.05, 0) is 52.4 Å². The molecule has 2 aliphatic heterocycles. The fraction of sp³-hybridized carbons (Fsp3) is 0.704. The summed E-state index contributed by atoms with van der Waals surface area (Å²) in [4.78, 5) is 24.1. The van der Waals surface area contributed by atoms with Gasteiger partial charge < -0.3 is 24.1 Å². The number of carbonyl (C=O) groups excluding carboxylic acids is 2. The monoisotopic (exact) mass is 478 g/mol. The first-order valence-corrected chi connectivity index (χ1v) is 12.8. The van der Waals surface area contributed by atoms with E-state index in [0.29, 0.717) is 6.42 Å². The average Bonchev–Trinajstić information content (AvgIpc) is 3.29. The SMILES string of the molecule is CCCCCC=CCC=CCCCCCCCC(=O)OC1=C(O)C(C2COC(C)(C)O2)OC1=O. The Morgan fingerprint density at radius 3 is 2.32 bits per heavy atom. The molecule has 0 spiro atoms. The van der Waals surface area contributed by atoms with Gasteiger partial charge in [0.25, 0.3) is 5.76 Å². The van der Waals surface area contributed by atoms with Gasteiger partial charge in [-0.2, -0.15) is 0 Å². The number of aliphatic hydroxyl groups excluding tert-OH is 1. The van der Waals surface area contributed by atoms with Crippen LogP contribution in [0.15, 0.2) is 35.8 Å². The Morgan fingerprint density at radius 1 is 1.03 bits per heavy atom. The third-order valence-electron chi connectivity index (χ3n) is 5.84. The third kappa shape index (κ3) is 10.0. The minimum Gasteiger partial charge on any atom is -0.505 e. The summed E-state index contributed by atoms with van der Waals surface area (Å²) in [6.07, 6.45) is 19.5. The summed E-state index contributed by atoms with van der Waals surface area (Å²) in [5.74, 6) is -3.08. The van der Waals surface area contributed by atoms with Crippen LogP contribution in [0, 0.1) is 0 Å². The Morgan fingerprint density at radius 2 is 1.68 bits per heavy atom. The fourth-order valence-corrected chi connectivity index (χ4v) is 3.91. The molecule has 2 rings (SSSR count). The first-order valence-electron chi connectivity index (χ1n) is 12.8. The summed E-state index contributed by atoms with van der Waals surface area (Å²) in [5, 5.41) is 10.3. The normalized spacial score (nSPS) is 22.3. The predicted octanol–water partition coefficient (Wildman–Crippen LogP) is 6.19. The molecule has 0 aromatic carbocycles. The van der Waals surface area contributed by atoms with Crippen molar-refractivity contribution in [2.24, 2.45) is 0 Å². The van der Waals surface area contributed by atoms with Crippen molar-refractivity contribution in [3.8, 4) is 0 Å². The third-order valence-corrected chi connectivity index (χ3v) is 5.84. The van der Waals surface area contributed by atoms with Gasteiger partial charge in [-0.1, -0.05) is 63.3 Å². The molecule has 0 aliphatic carbocycles. The maximum Gasteiger partial charge on any atom is 0.378 e. The Balaban J connectivity index is 1.53. The van der Waals surface area contributed by atoms with E-state index in [4.69, 9.17) is 18.9 Å². The molecule has 1 saturated heterocycles. The number of allylic oxidation sites excluding steroid dienone is 4. The molecule has 7 nitrogen and oxygen atoms in total. The van der Waals surface area contributed by atoms with Gasteiger partial charge in [0.2, 0.25) is 0 Å². The second-order valence-electron chi connectivity index (χ2n) is 9.36. The van der Waals surface area contributed by atoms with Crippen molar-refractivity contribution in [2.45, 2.75) is 116 Å². The van der Waals surface area contributed by atoms with Gasteiger partial charge in [-0.3, -0.25) is 4.79 Å². The smallest absolute Gasteiger partial charge is 0.378 e. The number of hydrogen-bond acceptors (Lipinski definition) is 7. The number of carbonyl (C=O) groups is 2. The summed E-state index contributed by atoms with van der Waals surface area (Å²) < 4.78 is 21.3. The molecular formula is C27H42O7. The molecule has 0 radical (unpaired) electrons.